The van der Waals surface area contributed by atoms with Crippen molar-refractivity contribution in [3.05, 3.63) is 41.0 Å². The van der Waals surface area contributed by atoms with Crippen molar-refractivity contribution in [2.45, 2.75) is 33.3 Å². The number of aryl methyl sites for hydroxylation is 1. The molecule has 144 valence electrons. The average molecular weight is 374 g/mol. The van der Waals surface area contributed by atoms with Crippen molar-refractivity contribution in [2.24, 2.45) is 0 Å². The lowest BCUT2D eigenvalue weighted by Gasteiger charge is -2.12. The van der Waals surface area contributed by atoms with Crippen LogP contribution < -0.4 is 5.32 Å². The average Bonchev–Trinajstić information content (AvgIpc) is 2.95. The standard InChI is InChI=1S/C18H22N4O5/c1-10-14(17(25)26-4)11(2)22-15(10)16(24)12(3)27-13(23)6-9-21-18-19-7-5-8-20-18/h5,7-8,12,22H,6,9H2,1-4H3,(H,19,20,21). The molecule has 1 atom stereocenters. The second kappa shape index (κ2) is 8.93. The maximum atomic E-state index is 12.6. The summed E-state index contributed by atoms with van der Waals surface area (Å²) in [6, 6.07) is 1.68. The van der Waals surface area contributed by atoms with Gasteiger partial charge in [0, 0.05) is 24.6 Å². The van der Waals surface area contributed by atoms with Gasteiger partial charge in [0.2, 0.25) is 11.7 Å². The van der Waals surface area contributed by atoms with Crippen LogP contribution in [0.1, 0.15) is 45.4 Å². The summed E-state index contributed by atoms with van der Waals surface area (Å²) in [6.07, 6.45) is 2.22. The Morgan fingerprint density at radius 2 is 1.89 bits per heavy atom. The van der Waals surface area contributed by atoms with Crippen molar-refractivity contribution in [3.63, 3.8) is 0 Å². The SMILES string of the molecule is COC(=O)c1c(C)[nH]c(C(=O)C(C)OC(=O)CCNc2ncccn2)c1C. The molecule has 9 nitrogen and oxygen atoms in total. The number of Topliss-reactive ketones (excluding diaryl/α,β-unsaturated/α-hetero) is 1. The summed E-state index contributed by atoms with van der Waals surface area (Å²) in [4.78, 5) is 47.2. The summed E-state index contributed by atoms with van der Waals surface area (Å²) >= 11 is 0. The summed E-state index contributed by atoms with van der Waals surface area (Å²) in [5.74, 6) is -1.08. The van der Waals surface area contributed by atoms with Crippen LogP contribution in [0.4, 0.5) is 5.95 Å². The summed E-state index contributed by atoms with van der Waals surface area (Å²) in [7, 11) is 1.27. The topological polar surface area (TPSA) is 123 Å². The minimum Gasteiger partial charge on any atom is -0.465 e. The van der Waals surface area contributed by atoms with Crippen LogP contribution in [-0.2, 0) is 14.3 Å². The number of rotatable bonds is 8. The van der Waals surface area contributed by atoms with Crippen molar-refractivity contribution in [3.8, 4) is 0 Å². The van der Waals surface area contributed by atoms with Crippen molar-refractivity contribution < 1.29 is 23.9 Å². The molecule has 0 spiro atoms. The molecule has 0 saturated heterocycles. The molecule has 1 unspecified atom stereocenters. The van der Waals surface area contributed by atoms with Gasteiger partial charge in [0.1, 0.15) is 0 Å². The van der Waals surface area contributed by atoms with E-state index in [-0.39, 0.29) is 18.7 Å². The predicted molar refractivity (Wildman–Crippen MR) is 96.6 cm³/mol. The van der Waals surface area contributed by atoms with Gasteiger partial charge < -0.3 is 19.8 Å². The Bertz CT molecular complexity index is 832. The summed E-state index contributed by atoms with van der Waals surface area (Å²) in [5.41, 5.74) is 1.53. The molecule has 9 heteroatoms. The number of anilines is 1. The van der Waals surface area contributed by atoms with Gasteiger partial charge in [-0.15, -0.1) is 0 Å². The molecule has 0 fully saturated rings. The normalized spacial score (nSPS) is 11.6. The zero-order valence-corrected chi connectivity index (χ0v) is 15.7. The van der Waals surface area contributed by atoms with Gasteiger partial charge in [-0.3, -0.25) is 9.59 Å². The first-order valence-corrected chi connectivity index (χ1v) is 8.37. The third kappa shape index (κ3) is 4.90. The molecule has 0 aliphatic carbocycles. The fraction of sp³-hybridized carbons (Fsp3) is 0.389. The van der Waals surface area contributed by atoms with Crippen molar-refractivity contribution in [1.29, 1.82) is 0 Å². The van der Waals surface area contributed by atoms with E-state index in [1.165, 1.54) is 14.0 Å². The number of carbonyl (C=O) groups is 3. The number of ketones is 1. The number of H-pyrrole nitrogens is 1. The summed E-state index contributed by atoms with van der Waals surface area (Å²) in [6.45, 7) is 5.07. The second-order valence-corrected chi connectivity index (χ2v) is 5.86. The number of nitrogens with zero attached hydrogens (tertiary/aromatic N) is 2. The van der Waals surface area contributed by atoms with Gasteiger partial charge >= 0.3 is 11.9 Å². The Labute approximate surface area is 156 Å². The molecule has 0 amide bonds. The van der Waals surface area contributed by atoms with Gasteiger partial charge in [-0.05, 0) is 32.4 Å². The smallest absolute Gasteiger partial charge is 0.339 e. The molecule has 0 aliphatic rings. The highest BCUT2D eigenvalue weighted by atomic mass is 16.5. The minimum atomic E-state index is -0.993. The van der Waals surface area contributed by atoms with E-state index in [4.69, 9.17) is 9.47 Å². The highest BCUT2D eigenvalue weighted by Crippen LogP contribution is 2.20. The molecule has 0 bridgehead atoms. The van der Waals surface area contributed by atoms with Crippen LogP contribution in [0.5, 0.6) is 0 Å². The number of methoxy groups -OCH3 is 1. The van der Waals surface area contributed by atoms with E-state index in [1.54, 1.807) is 32.3 Å². The van der Waals surface area contributed by atoms with Crippen molar-refractivity contribution in [1.82, 2.24) is 15.0 Å². The number of hydrogen-bond acceptors (Lipinski definition) is 8. The van der Waals surface area contributed by atoms with Crippen LogP contribution in [0.3, 0.4) is 0 Å². The molecule has 2 N–H and O–H groups in total. The molecule has 2 heterocycles. The number of hydrogen-bond donors (Lipinski definition) is 2. The maximum Gasteiger partial charge on any atom is 0.339 e. The molecule has 0 aromatic carbocycles. The van der Waals surface area contributed by atoms with E-state index in [2.05, 4.69) is 20.3 Å². The molecule has 0 saturated carbocycles. The van der Waals surface area contributed by atoms with Gasteiger partial charge in [-0.1, -0.05) is 0 Å². The Morgan fingerprint density at radius 1 is 1.22 bits per heavy atom. The van der Waals surface area contributed by atoms with E-state index < -0.39 is 23.8 Å². The Morgan fingerprint density at radius 3 is 2.52 bits per heavy atom. The van der Waals surface area contributed by atoms with Gasteiger partial charge in [0.15, 0.2) is 6.10 Å². The molecule has 2 aromatic rings. The Balaban J connectivity index is 1.93. The van der Waals surface area contributed by atoms with Crippen LogP contribution >= 0.6 is 0 Å². The van der Waals surface area contributed by atoms with Gasteiger partial charge in [0.25, 0.3) is 0 Å². The van der Waals surface area contributed by atoms with E-state index in [0.717, 1.165) is 0 Å². The van der Waals surface area contributed by atoms with Crippen molar-refractivity contribution in [2.75, 3.05) is 19.0 Å². The zero-order valence-electron chi connectivity index (χ0n) is 15.7. The number of aromatic amines is 1. The van der Waals surface area contributed by atoms with E-state index >= 15 is 0 Å². The van der Waals surface area contributed by atoms with E-state index in [9.17, 15) is 14.4 Å². The second-order valence-electron chi connectivity index (χ2n) is 5.86. The lowest BCUT2D eigenvalue weighted by Crippen LogP contribution is -2.26. The first-order valence-electron chi connectivity index (χ1n) is 8.37. The number of aromatic nitrogens is 3. The molecular weight excluding hydrogens is 352 g/mol. The quantitative estimate of drug-likeness (QED) is 0.530. The lowest BCUT2D eigenvalue weighted by atomic mass is 10.1. The minimum absolute atomic E-state index is 0.0476. The molecule has 0 aliphatic heterocycles. The molecule has 27 heavy (non-hydrogen) atoms. The van der Waals surface area contributed by atoms with Crippen LogP contribution in [-0.4, -0.2) is 52.4 Å². The first-order chi connectivity index (χ1) is 12.8. The number of nitrogens with one attached hydrogen (secondary N) is 2. The van der Waals surface area contributed by atoms with E-state index in [1.807, 2.05) is 0 Å². The fourth-order valence-corrected chi connectivity index (χ4v) is 2.58. The summed E-state index contributed by atoms with van der Waals surface area (Å²) < 4.78 is 9.91. The Hall–Kier alpha value is -3.23. The predicted octanol–water partition coefficient (Wildman–Crippen LogP) is 1.82. The fourth-order valence-electron chi connectivity index (χ4n) is 2.58. The lowest BCUT2D eigenvalue weighted by molar-refractivity contribution is -0.145. The van der Waals surface area contributed by atoms with Crippen LogP contribution in [0.25, 0.3) is 0 Å². The highest BCUT2D eigenvalue weighted by Gasteiger charge is 2.27. The maximum absolute atomic E-state index is 12.6. The van der Waals surface area contributed by atoms with Gasteiger partial charge in [-0.2, -0.15) is 0 Å². The Kier molecular flexibility index (Phi) is 6.64. The third-order valence-electron chi connectivity index (χ3n) is 3.93. The van der Waals surface area contributed by atoms with Crippen LogP contribution in [0.15, 0.2) is 18.5 Å². The number of carbonyl (C=O) groups excluding carboxylic acids is 3. The number of esters is 2. The third-order valence-corrected chi connectivity index (χ3v) is 3.93. The van der Waals surface area contributed by atoms with Gasteiger partial charge in [-0.25, -0.2) is 14.8 Å². The molecule has 2 aromatic heterocycles. The van der Waals surface area contributed by atoms with Crippen LogP contribution in [0, 0.1) is 13.8 Å². The number of ether oxygens (including phenoxy) is 2. The largest absolute Gasteiger partial charge is 0.465 e. The van der Waals surface area contributed by atoms with Gasteiger partial charge in [0.05, 0.1) is 24.8 Å². The molecule has 0 radical (unpaired) electrons. The van der Waals surface area contributed by atoms with Crippen molar-refractivity contribution >= 4 is 23.7 Å². The zero-order chi connectivity index (χ0) is 20.0. The highest BCUT2D eigenvalue weighted by molar-refractivity contribution is 6.03. The molecular formula is C18H22N4O5. The monoisotopic (exact) mass is 374 g/mol. The first kappa shape index (κ1) is 20.1. The summed E-state index contributed by atoms with van der Waals surface area (Å²) in [5, 5.41) is 2.88. The molecule has 2 rings (SSSR count). The van der Waals surface area contributed by atoms with E-state index in [0.29, 0.717) is 22.8 Å². The van der Waals surface area contributed by atoms with Crippen LogP contribution in [0.2, 0.25) is 0 Å².